The highest BCUT2D eigenvalue weighted by Gasteiger charge is 2.33. The van der Waals surface area contributed by atoms with Crippen molar-refractivity contribution < 1.29 is 0 Å². The minimum absolute atomic E-state index is 0.768. The van der Waals surface area contributed by atoms with Gasteiger partial charge in [0.1, 0.15) is 0 Å². The molecule has 0 aromatic heterocycles. The van der Waals surface area contributed by atoms with Crippen LogP contribution in [0.15, 0.2) is 0 Å². The van der Waals surface area contributed by atoms with Gasteiger partial charge in [0, 0.05) is 31.7 Å². The Morgan fingerprint density at radius 2 is 2.12 bits per heavy atom. The first-order valence-electron chi connectivity index (χ1n) is 7.68. The van der Waals surface area contributed by atoms with Crippen molar-refractivity contribution in [3.05, 3.63) is 0 Å². The summed E-state index contributed by atoms with van der Waals surface area (Å²) in [5.74, 6) is 1.78. The summed E-state index contributed by atoms with van der Waals surface area (Å²) in [6, 6.07) is 1.65. The summed E-state index contributed by atoms with van der Waals surface area (Å²) in [4.78, 5) is 2.84. The van der Waals surface area contributed by atoms with Gasteiger partial charge < -0.3 is 5.32 Å². The molecule has 2 rings (SSSR count). The Morgan fingerprint density at radius 3 is 2.82 bits per heavy atom. The van der Waals surface area contributed by atoms with E-state index in [1.807, 2.05) is 0 Å². The maximum Gasteiger partial charge on any atom is 0.0247 e. The second kappa shape index (κ2) is 6.19. The summed E-state index contributed by atoms with van der Waals surface area (Å²) >= 11 is 0. The second-order valence-corrected chi connectivity index (χ2v) is 6.35. The lowest BCUT2D eigenvalue weighted by atomic mass is 9.82. The fraction of sp³-hybridized carbons (Fsp3) is 1.00. The normalized spacial score (nSPS) is 36.4. The SMILES string of the molecule is CCC1CCCC(N2CCNCC2C(C)C)C1. The molecule has 100 valence electrons. The molecule has 3 unspecified atom stereocenters. The van der Waals surface area contributed by atoms with Gasteiger partial charge in [0.2, 0.25) is 0 Å². The van der Waals surface area contributed by atoms with Gasteiger partial charge in [0.25, 0.3) is 0 Å². The molecule has 1 heterocycles. The standard InChI is InChI=1S/C15H30N2/c1-4-13-6-5-7-14(10-13)17-9-8-16-11-15(17)12(2)3/h12-16H,4-11H2,1-3H3. The van der Waals surface area contributed by atoms with E-state index in [0.29, 0.717) is 0 Å². The van der Waals surface area contributed by atoms with Gasteiger partial charge in [-0.05, 0) is 24.7 Å². The van der Waals surface area contributed by atoms with Crippen LogP contribution in [-0.4, -0.2) is 36.6 Å². The number of nitrogens with one attached hydrogen (secondary N) is 1. The van der Waals surface area contributed by atoms with Gasteiger partial charge in [0.05, 0.1) is 0 Å². The van der Waals surface area contributed by atoms with Crippen molar-refractivity contribution in [2.24, 2.45) is 11.8 Å². The van der Waals surface area contributed by atoms with Crippen LogP contribution in [0.25, 0.3) is 0 Å². The van der Waals surface area contributed by atoms with Crippen LogP contribution in [0.3, 0.4) is 0 Å². The predicted octanol–water partition coefficient (Wildman–Crippen LogP) is 2.89. The molecule has 1 N–H and O–H groups in total. The molecule has 0 aromatic rings. The highest BCUT2D eigenvalue weighted by atomic mass is 15.2. The second-order valence-electron chi connectivity index (χ2n) is 6.35. The summed E-state index contributed by atoms with van der Waals surface area (Å²) in [6.45, 7) is 10.8. The third-order valence-electron chi connectivity index (χ3n) is 4.90. The Morgan fingerprint density at radius 1 is 1.29 bits per heavy atom. The number of piperazine rings is 1. The van der Waals surface area contributed by atoms with Crippen LogP contribution in [0.5, 0.6) is 0 Å². The van der Waals surface area contributed by atoms with Crippen LogP contribution in [0, 0.1) is 11.8 Å². The molecule has 0 radical (unpaired) electrons. The van der Waals surface area contributed by atoms with E-state index in [0.717, 1.165) is 23.9 Å². The molecule has 3 atom stereocenters. The van der Waals surface area contributed by atoms with Gasteiger partial charge in [0.15, 0.2) is 0 Å². The van der Waals surface area contributed by atoms with Crippen molar-refractivity contribution in [2.45, 2.75) is 65.0 Å². The molecule has 0 bridgehead atoms. The zero-order valence-corrected chi connectivity index (χ0v) is 11.9. The Balaban J connectivity index is 1.98. The van der Waals surface area contributed by atoms with E-state index < -0.39 is 0 Å². The number of nitrogens with zero attached hydrogens (tertiary/aromatic N) is 1. The Kier molecular flexibility index (Phi) is 4.87. The minimum Gasteiger partial charge on any atom is -0.314 e. The maximum absolute atomic E-state index is 3.57. The van der Waals surface area contributed by atoms with E-state index >= 15 is 0 Å². The van der Waals surface area contributed by atoms with E-state index in [9.17, 15) is 0 Å². The average molecular weight is 238 g/mol. The van der Waals surface area contributed by atoms with E-state index in [2.05, 4.69) is 31.0 Å². The highest BCUT2D eigenvalue weighted by molar-refractivity contribution is 4.89. The quantitative estimate of drug-likeness (QED) is 0.813. The van der Waals surface area contributed by atoms with Crippen LogP contribution in [0.4, 0.5) is 0 Å². The predicted molar refractivity (Wildman–Crippen MR) is 74.2 cm³/mol. The summed E-state index contributed by atoms with van der Waals surface area (Å²) in [5.41, 5.74) is 0. The zero-order chi connectivity index (χ0) is 12.3. The largest absolute Gasteiger partial charge is 0.314 e. The molecule has 0 aromatic carbocycles. The topological polar surface area (TPSA) is 15.3 Å². The van der Waals surface area contributed by atoms with Gasteiger partial charge in [-0.25, -0.2) is 0 Å². The molecule has 2 fully saturated rings. The molecule has 1 aliphatic heterocycles. The lowest BCUT2D eigenvalue weighted by Crippen LogP contribution is -2.57. The van der Waals surface area contributed by atoms with Crippen molar-refractivity contribution in [3.63, 3.8) is 0 Å². The van der Waals surface area contributed by atoms with Crippen molar-refractivity contribution in [1.29, 1.82) is 0 Å². The minimum atomic E-state index is 0.768. The van der Waals surface area contributed by atoms with E-state index in [1.165, 1.54) is 51.7 Å². The molecule has 0 spiro atoms. The molecule has 2 aliphatic rings. The molecular weight excluding hydrogens is 208 g/mol. The third kappa shape index (κ3) is 3.23. The lowest BCUT2D eigenvalue weighted by molar-refractivity contribution is 0.0450. The van der Waals surface area contributed by atoms with Gasteiger partial charge in [-0.15, -0.1) is 0 Å². The summed E-state index contributed by atoms with van der Waals surface area (Å²) < 4.78 is 0. The van der Waals surface area contributed by atoms with E-state index in [1.54, 1.807) is 0 Å². The highest BCUT2D eigenvalue weighted by Crippen LogP contribution is 2.32. The Hall–Kier alpha value is -0.0800. The third-order valence-corrected chi connectivity index (χ3v) is 4.90. The fourth-order valence-electron chi connectivity index (χ4n) is 3.75. The monoisotopic (exact) mass is 238 g/mol. The lowest BCUT2D eigenvalue weighted by Gasteiger charge is -2.46. The zero-order valence-electron chi connectivity index (χ0n) is 11.9. The number of hydrogen-bond donors (Lipinski definition) is 1. The van der Waals surface area contributed by atoms with Gasteiger partial charge in [-0.1, -0.05) is 40.0 Å². The number of rotatable bonds is 3. The molecular formula is C15H30N2. The van der Waals surface area contributed by atoms with Crippen LogP contribution in [0.1, 0.15) is 52.9 Å². The van der Waals surface area contributed by atoms with Crippen LogP contribution >= 0.6 is 0 Å². The van der Waals surface area contributed by atoms with Crippen LogP contribution in [0.2, 0.25) is 0 Å². The molecule has 17 heavy (non-hydrogen) atoms. The van der Waals surface area contributed by atoms with Gasteiger partial charge >= 0.3 is 0 Å². The van der Waals surface area contributed by atoms with E-state index in [-0.39, 0.29) is 0 Å². The van der Waals surface area contributed by atoms with Crippen molar-refractivity contribution in [2.75, 3.05) is 19.6 Å². The summed E-state index contributed by atoms with van der Waals surface area (Å²) in [7, 11) is 0. The molecule has 1 aliphatic carbocycles. The molecule has 1 saturated carbocycles. The van der Waals surface area contributed by atoms with E-state index in [4.69, 9.17) is 0 Å². The first kappa shape index (κ1) is 13.4. The molecule has 1 saturated heterocycles. The number of hydrogen-bond acceptors (Lipinski definition) is 2. The summed E-state index contributed by atoms with van der Waals surface area (Å²) in [6.07, 6.45) is 7.22. The fourth-order valence-corrected chi connectivity index (χ4v) is 3.75. The van der Waals surface area contributed by atoms with Crippen molar-refractivity contribution in [1.82, 2.24) is 10.2 Å². The molecule has 2 heteroatoms. The van der Waals surface area contributed by atoms with Crippen molar-refractivity contribution >= 4 is 0 Å². The van der Waals surface area contributed by atoms with Gasteiger partial charge in [-0.3, -0.25) is 4.90 Å². The summed E-state index contributed by atoms with van der Waals surface area (Å²) in [5, 5.41) is 3.57. The average Bonchev–Trinajstić information content (AvgIpc) is 2.39. The smallest absolute Gasteiger partial charge is 0.0247 e. The van der Waals surface area contributed by atoms with Crippen LogP contribution < -0.4 is 5.32 Å². The Bertz CT molecular complexity index is 227. The Labute approximate surface area is 107 Å². The van der Waals surface area contributed by atoms with Crippen LogP contribution in [-0.2, 0) is 0 Å². The first-order valence-corrected chi connectivity index (χ1v) is 7.68. The molecule has 2 nitrogen and oxygen atoms in total. The van der Waals surface area contributed by atoms with Gasteiger partial charge in [-0.2, -0.15) is 0 Å². The molecule has 0 amide bonds. The first-order chi connectivity index (χ1) is 8.22. The maximum atomic E-state index is 3.57. The van der Waals surface area contributed by atoms with Crippen molar-refractivity contribution in [3.8, 4) is 0 Å².